The molecule has 0 radical (unpaired) electrons. The smallest absolute Gasteiger partial charge is 0.319 e. The number of benzene rings is 2. The van der Waals surface area contributed by atoms with E-state index in [1.54, 1.807) is 0 Å². The molecule has 0 aliphatic heterocycles. The minimum atomic E-state index is -0.810. The van der Waals surface area contributed by atoms with E-state index in [1.165, 1.54) is 6.07 Å². The normalized spacial score (nSPS) is 10.2. The van der Waals surface area contributed by atoms with Crippen LogP contribution in [0.2, 0.25) is 0 Å². The van der Waals surface area contributed by atoms with Crippen LogP contribution >= 0.6 is 0 Å². The Bertz CT molecular complexity index is 629. The highest BCUT2D eigenvalue weighted by Crippen LogP contribution is 2.14. The Morgan fingerprint density at radius 3 is 2.65 bits per heavy atom. The van der Waals surface area contributed by atoms with Crippen LogP contribution in [0, 0.1) is 18.6 Å². The molecule has 0 saturated heterocycles. The zero-order valence-electron chi connectivity index (χ0n) is 10.9. The molecule has 104 valence electrons. The molecule has 0 fully saturated rings. The molecule has 0 atom stereocenters. The number of hydrogen-bond donors (Lipinski definition) is 2. The molecule has 2 amide bonds. The molecule has 0 aromatic heterocycles. The number of carbonyl (C=O) groups is 1. The average Bonchev–Trinajstić information content (AvgIpc) is 2.40. The van der Waals surface area contributed by atoms with Crippen molar-refractivity contribution in [2.45, 2.75) is 13.5 Å². The molecule has 0 aliphatic rings. The molecular weight excluding hydrogens is 262 g/mol. The van der Waals surface area contributed by atoms with Crippen molar-refractivity contribution in [3.63, 3.8) is 0 Å². The first-order valence-corrected chi connectivity index (χ1v) is 6.10. The monoisotopic (exact) mass is 276 g/mol. The average molecular weight is 276 g/mol. The number of anilines is 1. The number of hydrogen-bond acceptors (Lipinski definition) is 1. The Hall–Kier alpha value is -2.43. The lowest BCUT2D eigenvalue weighted by molar-refractivity contribution is 0.251. The van der Waals surface area contributed by atoms with E-state index in [9.17, 15) is 13.6 Å². The molecule has 2 aromatic rings. The second-order valence-corrected chi connectivity index (χ2v) is 4.42. The van der Waals surface area contributed by atoms with Crippen molar-refractivity contribution in [3.05, 3.63) is 65.2 Å². The molecule has 0 aliphatic carbocycles. The Labute approximate surface area is 115 Å². The summed E-state index contributed by atoms with van der Waals surface area (Å²) in [5.74, 6) is -1.50. The van der Waals surface area contributed by atoms with Crippen LogP contribution in [0.15, 0.2) is 42.5 Å². The third-order valence-electron chi connectivity index (χ3n) is 2.71. The molecule has 2 rings (SSSR count). The summed E-state index contributed by atoms with van der Waals surface area (Å²) in [6, 6.07) is 10.1. The van der Waals surface area contributed by atoms with Crippen LogP contribution in [0.1, 0.15) is 11.1 Å². The van der Waals surface area contributed by atoms with Gasteiger partial charge < -0.3 is 10.6 Å². The molecule has 2 N–H and O–H groups in total. The summed E-state index contributed by atoms with van der Waals surface area (Å²) in [6.07, 6.45) is 0. The fourth-order valence-corrected chi connectivity index (χ4v) is 1.76. The quantitative estimate of drug-likeness (QED) is 0.883. The van der Waals surface area contributed by atoms with Crippen LogP contribution < -0.4 is 10.6 Å². The van der Waals surface area contributed by atoms with Crippen molar-refractivity contribution >= 4 is 11.7 Å². The highest BCUT2D eigenvalue weighted by Gasteiger charge is 2.07. The van der Waals surface area contributed by atoms with E-state index in [2.05, 4.69) is 10.6 Å². The third kappa shape index (κ3) is 3.78. The Morgan fingerprint density at radius 1 is 1.15 bits per heavy atom. The first-order chi connectivity index (χ1) is 9.54. The standard InChI is InChI=1S/C15H14F2N2O/c1-10-3-2-4-11(7-10)9-18-15(20)19-14-6-5-12(16)8-13(14)17/h2-8H,9H2,1H3,(H2,18,19,20). The molecule has 5 heteroatoms. The van der Waals surface area contributed by atoms with Gasteiger partial charge in [0.15, 0.2) is 0 Å². The van der Waals surface area contributed by atoms with Gasteiger partial charge in [-0.25, -0.2) is 13.6 Å². The molecule has 0 spiro atoms. The topological polar surface area (TPSA) is 41.1 Å². The lowest BCUT2D eigenvalue weighted by Crippen LogP contribution is -2.28. The molecule has 0 bridgehead atoms. The molecule has 20 heavy (non-hydrogen) atoms. The predicted octanol–water partition coefficient (Wildman–Crippen LogP) is 3.59. The molecule has 0 heterocycles. The van der Waals surface area contributed by atoms with Crippen molar-refractivity contribution in [1.82, 2.24) is 5.32 Å². The van der Waals surface area contributed by atoms with E-state index in [-0.39, 0.29) is 5.69 Å². The molecule has 0 unspecified atom stereocenters. The molecule has 0 saturated carbocycles. The molecular formula is C15H14F2N2O. The zero-order chi connectivity index (χ0) is 14.5. The third-order valence-corrected chi connectivity index (χ3v) is 2.71. The number of nitrogens with one attached hydrogen (secondary N) is 2. The van der Waals surface area contributed by atoms with Crippen LogP contribution in [0.5, 0.6) is 0 Å². The van der Waals surface area contributed by atoms with Crippen LogP contribution in [0.4, 0.5) is 19.3 Å². The minimum absolute atomic E-state index is 0.0619. The number of carbonyl (C=O) groups excluding carboxylic acids is 1. The van der Waals surface area contributed by atoms with E-state index in [0.717, 1.165) is 23.3 Å². The van der Waals surface area contributed by atoms with E-state index in [4.69, 9.17) is 0 Å². The van der Waals surface area contributed by atoms with Crippen LogP contribution in [0.3, 0.4) is 0 Å². The predicted molar refractivity (Wildman–Crippen MR) is 73.4 cm³/mol. The van der Waals surface area contributed by atoms with Crippen LogP contribution in [-0.2, 0) is 6.54 Å². The number of halogens is 2. The summed E-state index contributed by atoms with van der Waals surface area (Å²) in [5, 5.41) is 4.94. The number of aryl methyl sites for hydroxylation is 1. The molecule has 2 aromatic carbocycles. The summed E-state index contributed by atoms with van der Waals surface area (Å²) < 4.78 is 26.1. The highest BCUT2D eigenvalue weighted by molar-refractivity contribution is 5.89. The van der Waals surface area contributed by atoms with Crippen molar-refractivity contribution in [2.24, 2.45) is 0 Å². The van der Waals surface area contributed by atoms with Crippen molar-refractivity contribution in [2.75, 3.05) is 5.32 Å². The van der Waals surface area contributed by atoms with E-state index >= 15 is 0 Å². The van der Waals surface area contributed by atoms with Crippen molar-refractivity contribution in [1.29, 1.82) is 0 Å². The Balaban J connectivity index is 1.92. The van der Waals surface area contributed by atoms with Gasteiger partial charge in [0.05, 0.1) is 5.69 Å². The van der Waals surface area contributed by atoms with Gasteiger partial charge in [0.1, 0.15) is 11.6 Å². The van der Waals surface area contributed by atoms with E-state index in [0.29, 0.717) is 6.54 Å². The van der Waals surface area contributed by atoms with Gasteiger partial charge in [0, 0.05) is 12.6 Å². The first kappa shape index (κ1) is 14.0. The van der Waals surface area contributed by atoms with Crippen LogP contribution in [0.25, 0.3) is 0 Å². The Kier molecular flexibility index (Phi) is 4.30. The minimum Gasteiger partial charge on any atom is -0.334 e. The lowest BCUT2D eigenvalue weighted by Gasteiger charge is -2.09. The van der Waals surface area contributed by atoms with Gasteiger partial charge in [-0.3, -0.25) is 0 Å². The maximum Gasteiger partial charge on any atom is 0.319 e. The van der Waals surface area contributed by atoms with Gasteiger partial charge in [-0.15, -0.1) is 0 Å². The summed E-state index contributed by atoms with van der Waals surface area (Å²) in [7, 11) is 0. The maximum atomic E-state index is 13.3. The number of urea groups is 1. The zero-order valence-corrected chi connectivity index (χ0v) is 10.9. The van der Waals surface area contributed by atoms with Crippen LogP contribution in [-0.4, -0.2) is 6.03 Å². The summed E-state index contributed by atoms with van der Waals surface area (Å²) in [5.41, 5.74) is 1.97. The second kappa shape index (κ2) is 6.14. The highest BCUT2D eigenvalue weighted by atomic mass is 19.1. The maximum absolute atomic E-state index is 13.3. The van der Waals surface area contributed by atoms with Gasteiger partial charge in [-0.1, -0.05) is 29.8 Å². The van der Waals surface area contributed by atoms with Gasteiger partial charge in [-0.05, 0) is 24.6 Å². The van der Waals surface area contributed by atoms with Crippen molar-refractivity contribution < 1.29 is 13.6 Å². The molecule has 3 nitrogen and oxygen atoms in total. The fourth-order valence-electron chi connectivity index (χ4n) is 1.76. The van der Waals surface area contributed by atoms with Crippen molar-refractivity contribution in [3.8, 4) is 0 Å². The van der Waals surface area contributed by atoms with Gasteiger partial charge in [0.25, 0.3) is 0 Å². The summed E-state index contributed by atoms with van der Waals surface area (Å²) in [4.78, 5) is 11.6. The van der Waals surface area contributed by atoms with E-state index in [1.807, 2.05) is 31.2 Å². The fraction of sp³-hybridized carbons (Fsp3) is 0.133. The van der Waals surface area contributed by atoms with Gasteiger partial charge in [0.2, 0.25) is 0 Å². The summed E-state index contributed by atoms with van der Waals surface area (Å²) >= 11 is 0. The SMILES string of the molecule is Cc1cccc(CNC(=O)Nc2ccc(F)cc2F)c1. The van der Waals surface area contributed by atoms with Gasteiger partial charge >= 0.3 is 6.03 Å². The number of rotatable bonds is 3. The van der Waals surface area contributed by atoms with Gasteiger partial charge in [-0.2, -0.15) is 0 Å². The Morgan fingerprint density at radius 2 is 1.95 bits per heavy atom. The number of amides is 2. The second-order valence-electron chi connectivity index (χ2n) is 4.42. The first-order valence-electron chi connectivity index (χ1n) is 6.10. The lowest BCUT2D eigenvalue weighted by atomic mass is 10.1. The largest absolute Gasteiger partial charge is 0.334 e. The van der Waals surface area contributed by atoms with E-state index < -0.39 is 17.7 Å². The summed E-state index contributed by atoms with van der Waals surface area (Å²) in [6.45, 7) is 2.29.